The van der Waals surface area contributed by atoms with Crippen LogP contribution in [0, 0.1) is 0 Å². The van der Waals surface area contributed by atoms with Crippen LogP contribution in [0.15, 0.2) is 12.1 Å². The average Bonchev–Trinajstić information content (AvgIpc) is 2.01. The molecule has 1 rings (SSSR count). The standard InChI is InChI=1S/C9H6Cl2O3/c10-7-1-5(3-9(13)14)2-8(11)6(7)4-12/h1-2,4H,3H2,(H,13,14). The van der Waals surface area contributed by atoms with Crippen LogP contribution in [0.4, 0.5) is 0 Å². The maximum absolute atomic E-state index is 10.5. The van der Waals surface area contributed by atoms with Crippen molar-refractivity contribution in [1.82, 2.24) is 0 Å². The zero-order valence-corrected chi connectivity index (χ0v) is 8.47. The summed E-state index contributed by atoms with van der Waals surface area (Å²) in [6, 6.07) is 2.84. The summed E-state index contributed by atoms with van der Waals surface area (Å²) in [5.74, 6) is -0.976. The minimum atomic E-state index is -0.976. The third-order valence-electron chi connectivity index (χ3n) is 1.61. The minimum absolute atomic E-state index is 0.168. The summed E-state index contributed by atoms with van der Waals surface area (Å²) in [6.07, 6.45) is 0.369. The van der Waals surface area contributed by atoms with Gasteiger partial charge in [0.25, 0.3) is 0 Å². The topological polar surface area (TPSA) is 54.4 Å². The van der Waals surface area contributed by atoms with E-state index in [1.165, 1.54) is 12.1 Å². The lowest BCUT2D eigenvalue weighted by Crippen LogP contribution is -2.00. The highest BCUT2D eigenvalue weighted by Crippen LogP contribution is 2.25. The smallest absolute Gasteiger partial charge is 0.307 e. The molecule has 0 spiro atoms. The van der Waals surface area contributed by atoms with Gasteiger partial charge in [-0.2, -0.15) is 0 Å². The first-order valence-electron chi connectivity index (χ1n) is 3.69. The summed E-state index contributed by atoms with van der Waals surface area (Å²) >= 11 is 11.4. The Morgan fingerprint density at radius 2 is 1.86 bits per heavy atom. The number of carbonyl (C=O) groups excluding carboxylic acids is 1. The van der Waals surface area contributed by atoms with Gasteiger partial charge in [0.05, 0.1) is 22.0 Å². The first-order chi connectivity index (χ1) is 6.54. The quantitative estimate of drug-likeness (QED) is 0.815. The number of carboxylic acids is 1. The molecule has 3 nitrogen and oxygen atoms in total. The summed E-state index contributed by atoms with van der Waals surface area (Å²) in [5, 5.41) is 8.86. The highest BCUT2D eigenvalue weighted by Gasteiger charge is 2.09. The van der Waals surface area contributed by atoms with Crippen molar-refractivity contribution in [3.63, 3.8) is 0 Å². The van der Waals surface area contributed by atoms with Crippen LogP contribution < -0.4 is 0 Å². The molecule has 0 saturated heterocycles. The Hall–Kier alpha value is -1.06. The molecule has 0 heterocycles. The monoisotopic (exact) mass is 232 g/mol. The fourth-order valence-electron chi connectivity index (χ4n) is 1.03. The van der Waals surface area contributed by atoms with Crippen LogP contribution in [-0.2, 0) is 11.2 Å². The summed E-state index contributed by atoms with van der Waals surface area (Å²) in [4.78, 5) is 20.9. The van der Waals surface area contributed by atoms with Crippen LogP contribution in [-0.4, -0.2) is 17.4 Å². The number of rotatable bonds is 3. The molecule has 0 atom stereocenters. The number of aliphatic carboxylic acids is 1. The van der Waals surface area contributed by atoms with E-state index in [4.69, 9.17) is 28.3 Å². The van der Waals surface area contributed by atoms with Crippen LogP contribution >= 0.6 is 23.2 Å². The van der Waals surface area contributed by atoms with Gasteiger partial charge in [0.2, 0.25) is 0 Å². The number of hydrogen-bond donors (Lipinski definition) is 1. The number of carbonyl (C=O) groups is 2. The van der Waals surface area contributed by atoms with Crippen LogP contribution in [0.25, 0.3) is 0 Å². The molecule has 0 aliphatic heterocycles. The molecule has 0 saturated carbocycles. The number of benzene rings is 1. The van der Waals surface area contributed by atoms with Crippen molar-refractivity contribution >= 4 is 35.5 Å². The molecule has 0 aromatic heterocycles. The van der Waals surface area contributed by atoms with Gasteiger partial charge in [-0.05, 0) is 17.7 Å². The van der Waals surface area contributed by atoms with E-state index in [2.05, 4.69) is 0 Å². The highest BCUT2D eigenvalue weighted by atomic mass is 35.5. The molecule has 1 aromatic carbocycles. The summed E-state index contributed by atoms with van der Waals surface area (Å²) < 4.78 is 0. The van der Waals surface area contributed by atoms with Gasteiger partial charge in [-0.3, -0.25) is 9.59 Å². The second-order valence-electron chi connectivity index (χ2n) is 2.66. The molecule has 0 radical (unpaired) electrons. The molecule has 0 aliphatic carbocycles. The van der Waals surface area contributed by atoms with Gasteiger partial charge in [0.1, 0.15) is 0 Å². The van der Waals surface area contributed by atoms with E-state index in [0.717, 1.165) is 0 Å². The number of hydrogen-bond acceptors (Lipinski definition) is 2. The molecular formula is C9H6Cl2O3. The molecule has 0 amide bonds. The van der Waals surface area contributed by atoms with Gasteiger partial charge in [-0.25, -0.2) is 0 Å². The molecule has 74 valence electrons. The molecule has 1 aromatic rings. The van der Waals surface area contributed by atoms with Gasteiger partial charge in [0.15, 0.2) is 6.29 Å². The van der Waals surface area contributed by atoms with E-state index in [0.29, 0.717) is 11.8 Å². The number of halogens is 2. The van der Waals surface area contributed by atoms with Crippen molar-refractivity contribution in [2.45, 2.75) is 6.42 Å². The normalized spacial score (nSPS) is 9.86. The van der Waals surface area contributed by atoms with E-state index in [1.807, 2.05) is 0 Å². The predicted octanol–water partition coefficient (Wildman–Crippen LogP) is 2.43. The van der Waals surface area contributed by atoms with E-state index in [9.17, 15) is 9.59 Å². The SMILES string of the molecule is O=Cc1c(Cl)cc(CC(=O)O)cc1Cl. The zero-order chi connectivity index (χ0) is 10.7. The van der Waals surface area contributed by atoms with Crippen molar-refractivity contribution in [3.8, 4) is 0 Å². The molecule has 14 heavy (non-hydrogen) atoms. The third kappa shape index (κ3) is 2.47. The lowest BCUT2D eigenvalue weighted by Gasteiger charge is -2.03. The maximum atomic E-state index is 10.5. The van der Waals surface area contributed by atoms with E-state index >= 15 is 0 Å². The van der Waals surface area contributed by atoms with Gasteiger partial charge < -0.3 is 5.11 Å². The highest BCUT2D eigenvalue weighted by molar-refractivity contribution is 6.38. The maximum Gasteiger partial charge on any atom is 0.307 e. The minimum Gasteiger partial charge on any atom is -0.481 e. The molecule has 0 fully saturated rings. The van der Waals surface area contributed by atoms with Crippen molar-refractivity contribution < 1.29 is 14.7 Å². The van der Waals surface area contributed by atoms with Gasteiger partial charge in [-0.15, -0.1) is 0 Å². The van der Waals surface area contributed by atoms with Crippen molar-refractivity contribution in [2.24, 2.45) is 0 Å². The summed E-state index contributed by atoms with van der Waals surface area (Å²) in [7, 11) is 0. The Morgan fingerprint density at radius 1 is 1.36 bits per heavy atom. The van der Waals surface area contributed by atoms with Gasteiger partial charge in [-0.1, -0.05) is 23.2 Å². The lowest BCUT2D eigenvalue weighted by molar-refractivity contribution is -0.136. The zero-order valence-electron chi connectivity index (χ0n) is 6.96. The first-order valence-corrected chi connectivity index (χ1v) is 4.45. The molecule has 0 bridgehead atoms. The summed E-state index contributed by atoms with van der Waals surface area (Å²) in [5.41, 5.74) is 0.653. The summed E-state index contributed by atoms with van der Waals surface area (Å²) in [6.45, 7) is 0. The Morgan fingerprint density at radius 3 is 2.21 bits per heavy atom. The Bertz CT molecular complexity index is 365. The molecule has 0 aliphatic rings. The molecule has 0 unspecified atom stereocenters. The molecule has 5 heteroatoms. The Kier molecular flexibility index (Phi) is 3.49. The fraction of sp³-hybridized carbons (Fsp3) is 0.111. The van der Waals surface area contributed by atoms with Crippen LogP contribution in [0.2, 0.25) is 10.0 Å². The second-order valence-corrected chi connectivity index (χ2v) is 3.48. The third-order valence-corrected chi connectivity index (χ3v) is 2.24. The molecule has 1 N–H and O–H groups in total. The van der Waals surface area contributed by atoms with Crippen LogP contribution in [0.3, 0.4) is 0 Å². The largest absolute Gasteiger partial charge is 0.481 e. The average molecular weight is 233 g/mol. The second kappa shape index (κ2) is 4.44. The van der Waals surface area contributed by atoms with E-state index < -0.39 is 5.97 Å². The lowest BCUT2D eigenvalue weighted by atomic mass is 10.1. The van der Waals surface area contributed by atoms with Crippen molar-refractivity contribution in [2.75, 3.05) is 0 Å². The van der Waals surface area contributed by atoms with Gasteiger partial charge in [0, 0.05) is 0 Å². The molecular weight excluding hydrogens is 227 g/mol. The number of aldehydes is 1. The Labute approximate surface area is 90.3 Å². The predicted molar refractivity (Wildman–Crippen MR) is 53.2 cm³/mol. The van der Waals surface area contributed by atoms with Gasteiger partial charge >= 0.3 is 5.97 Å². The van der Waals surface area contributed by atoms with Crippen molar-refractivity contribution in [3.05, 3.63) is 33.3 Å². The Balaban J connectivity index is 3.13. The van der Waals surface area contributed by atoms with Crippen LogP contribution in [0.1, 0.15) is 15.9 Å². The fourth-order valence-corrected chi connectivity index (χ4v) is 1.65. The van der Waals surface area contributed by atoms with Crippen LogP contribution in [0.5, 0.6) is 0 Å². The van der Waals surface area contributed by atoms with E-state index in [-0.39, 0.29) is 22.0 Å². The first kappa shape index (κ1) is 11.0. The number of carboxylic acid groups (broad SMARTS) is 1. The van der Waals surface area contributed by atoms with Crippen molar-refractivity contribution in [1.29, 1.82) is 0 Å². The van der Waals surface area contributed by atoms with E-state index in [1.54, 1.807) is 0 Å².